The second-order valence-electron chi connectivity index (χ2n) is 3.89. The lowest BCUT2D eigenvalue weighted by atomic mass is 10.4. The molecule has 0 spiro atoms. The molecule has 15 heavy (non-hydrogen) atoms. The summed E-state index contributed by atoms with van der Waals surface area (Å²) in [5, 5.41) is -0.268. The van der Waals surface area contributed by atoms with Crippen molar-refractivity contribution < 1.29 is 8.42 Å². The van der Waals surface area contributed by atoms with E-state index in [1.165, 1.54) is 0 Å². The quantitative estimate of drug-likeness (QED) is 0.750. The van der Waals surface area contributed by atoms with Crippen LogP contribution in [0.5, 0.6) is 0 Å². The standard InChI is InChI=1S/C11H13ClO2S/c12-9-6-7-11(8-9)15(13,14)10-4-2-1-3-5-10/h1-5,9,11H,6-8H2. The highest BCUT2D eigenvalue weighted by Crippen LogP contribution is 2.32. The highest BCUT2D eigenvalue weighted by Gasteiger charge is 2.34. The monoisotopic (exact) mass is 244 g/mol. The van der Waals surface area contributed by atoms with Crippen molar-refractivity contribution in [3.05, 3.63) is 30.3 Å². The third-order valence-electron chi connectivity index (χ3n) is 2.83. The van der Waals surface area contributed by atoms with Crippen molar-refractivity contribution in [3.8, 4) is 0 Å². The van der Waals surface area contributed by atoms with Crippen LogP contribution in [-0.2, 0) is 9.84 Å². The molecule has 1 saturated carbocycles. The Morgan fingerprint density at radius 3 is 2.33 bits per heavy atom. The summed E-state index contributed by atoms with van der Waals surface area (Å²) in [6.45, 7) is 0. The van der Waals surface area contributed by atoms with Gasteiger partial charge in [0.2, 0.25) is 0 Å². The zero-order valence-electron chi connectivity index (χ0n) is 8.27. The minimum absolute atomic E-state index is 0.0217. The van der Waals surface area contributed by atoms with Crippen molar-refractivity contribution in [1.29, 1.82) is 0 Å². The molecule has 0 aromatic heterocycles. The molecule has 1 aliphatic carbocycles. The van der Waals surface area contributed by atoms with Crippen LogP contribution < -0.4 is 0 Å². The zero-order valence-corrected chi connectivity index (χ0v) is 9.84. The molecule has 0 N–H and O–H groups in total. The first-order chi connectivity index (χ1) is 7.10. The van der Waals surface area contributed by atoms with Gasteiger partial charge in [-0.3, -0.25) is 0 Å². The molecule has 2 rings (SSSR count). The lowest BCUT2D eigenvalue weighted by molar-refractivity contribution is 0.580. The van der Waals surface area contributed by atoms with Gasteiger partial charge in [0.25, 0.3) is 0 Å². The van der Waals surface area contributed by atoms with Gasteiger partial charge in [-0.05, 0) is 31.4 Å². The van der Waals surface area contributed by atoms with E-state index < -0.39 is 9.84 Å². The van der Waals surface area contributed by atoms with Gasteiger partial charge in [-0.1, -0.05) is 18.2 Å². The van der Waals surface area contributed by atoms with E-state index in [2.05, 4.69) is 0 Å². The van der Waals surface area contributed by atoms with E-state index in [1.54, 1.807) is 24.3 Å². The molecule has 82 valence electrons. The van der Waals surface area contributed by atoms with Crippen LogP contribution in [0.15, 0.2) is 35.2 Å². The number of sulfone groups is 1. The fourth-order valence-electron chi connectivity index (χ4n) is 1.97. The number of hydrogen-bond donors (Lipinski definition) is 0. The normalized spacial score (nSPS) is 26.7. The molecule has 0 heterocycles. The molecule has 2 atom stereocenters. The molecule has 0 amide bonds. The van der Waals surface area contributed by atoms with E-state index >= 15 is 0 Å². The van der Waals surface area contributed by atoms with E-state index in [9.17, 15) is 8.42 Å². The van der Waals surface area contributed by atoms with Gasteiger partial charge >= 0.3 is 0 Å². The number of benzene rings is 1. The summed E-state index contributed by atoms with van der Waals surface area (Å²) in [5.41, 5.74) is 0. The molecule has 0 aliphatic heterocycles. The van der Waals surface area contributed by atoms with E-state index in [1.807, 2.05) is 6.07 Å². The fourth-order valence-corrected chi connectivity index (χ4v) is 4.27. The highest BCUT2D eigenvalue weighted by molar-refractivity contribution is 7.92. The van der Waals surface area contributed by atoms with Gasteiger partial charge < -0.3 is 0 Å². The first-order valence-electron chi connectivity index (χ1n) is 5.04. The zero-order chi connectivity index (χ0) is 10.9. The topological polar surface area (TPSA) is 34.1 Å². The highest BCUT2D eigenvalue weighted by atomic mass is 35.5. The molecule has 0 saturated heterocycles. The molecule has 0 radical (unpaired) electrons. The maximum atomic E-state index is 12.1. The molecular formula is C11H13ClO2S. The maximum Gasteiger partial charge on any atom is 0.181 e. The molecule has 2 nitrogen and oxygen atoms in total. The van der Waals surface area contributed by atoms with E-state index in [4.69, 9.17) is 11.6 Å². The number of rotatable bonds is 2. The molecule has 1 fully saturated rings. The number of alkyl halides is 1. The molecule has 1 aromatic carbocycles. The minimum Gasteiger partial charge on any atom is -0.223 e. The van der Waals surface area contributed by atoms with Gasteiger partial charge in [0.15, 0.2) is 9.84 Å². The van der Waals surface area contributed by atoms with Crippen molar-refractivity contribution in [2.24, 2.45) is 0 Å². The van der Waals surface area contributed by atoms with Gasteiger partial charge in [-0.15, -0.1) is 11.6 Å². The molecule has 2 unspecified atom stereocenters. The van der Waals surface area contributed by atoms with E-state index in [0.717, 1.165) is 6.42 Å². The number of halogens is 1. The summed E-state index contributed by atoms with van der Waals surface area (Å²) < 4.78 is 24.2. The fraction of sp³-hybridized carbons (Fsp3) is 0.455. The van der Waals surface area contributed by atoms with E-state index in [0.29, 0.717) is 17.7 Å². The predicted molar refractivity (Wildman–Crippen MR) is 60.9 cm³/mol. The molecular weight excluding hydrogens is 232 g/mol. The van der Waals surface area contributed by atoms with Gasteiger partial charge in [-0.2, -0.15) is 0 Å². The largest absolute Gasteiger partial charge is 0.223 e. The predicted octanol–water partition coefficient (Wildman–Crippen LogP) is 2.62. The average Bonchev–Trinajstić information content (AvgIpc) is 2.67. The Balaban J connectivity index is 2.28. The first kappa shape index (κ1) is 11.0. The van der Waals surface area contributed by atoms with Crippen molar-refractivity contribution in [3.63, 3.8) is 0 Å². The Labute approximate surface area is 95.2 Å². The Hall–Kier alpha value is -0.540. The maximum absolute atomic E-state index is 12.1. The van der Waals surface area contributed by atoms with Crippen LogP contribution in [0.25, 0.3) is 0 Å². The van der Waals surface area contributed by atoms with Gasteiger partial charge in [0, 0.05) is 5.38 Å². The average molecular weight is 245 g/mol. The van der Waals surface area contributed by atoms with Crippen LogP contribution in [0.4, 0.5) is 0 Å². The lowest BCUT2D eigenvalue weighted by Crippen LogP contribution is -2.18. The minimum atomic E-state index is -3.16. The first-order valence-corrected chi connectivity index (χ1v) is 7.02. The molecule has 1 aromatic rings. The Bertz CT molecular complexity index is 427. The van der Waals surface area contributed by atoms with Crippen LogP contribution >= 0.6 is 11.6 Å². The summed E-state index contributed by atoms with van der Waals surface area (Å²) in [6, 6.07) is 8.62. The van der Waals surface area contributed by atoms with Crippen molar-refractivity contribution >= 4 is 21.4 Å². The Kier molecular flexibility index (Phi) is 3.03. The molecule has 4 heteroatoms. The van der Waals surface area contributed by atoms with Crippen molar-refractivity contribution in [2.45, 2.75) is 34.8 Å². The van der Waals surface area contributed by atoms with Crippen LogP contribution in [0.3, 0.4) is 0 Å². The third-order valence-corrected chi connectivity index (χ3v) is 5.46. The van der Waals surface area contributed by atoms with Crippen molar-refractivity contribution in [1.82, 2.24) is 0 Å². The molecule has 1 aliphatic rings. The summed E-state index contributed by atoms with van der Waals surface area (Å²) in [7, 11) is -3.16. The van der Waals surface area contributed by atoms with Crippen LogP contribution in [0.2, 0.25) is 0 Å². The summed E-state index contributed by atoms with van der Waals surface area (Å²) in [4.78, 5) is 0.417. The lowest BCUT2D eigenvalue weighted by Gasteiger charge is -2.10. The van der Waals surface area contributed by atoms with Gasteiger partial charge in [0.1, 0.15) is 0 Å². The SMILES string of the molecule is O=S(=O)(c1ccccc1)C1CCC(Cl)C1. The summed E-state index contributed by atoms with van der Waals surface area (Å²) in [5.74, 6) is 0. The summed E-state index contributed by atoms with van der Waals surface area (Å²) >= 11 is 5.94. The van der Waals surface area contributed by atoms with Crippen LogP contribution in [0, 0.1) is 0 Å². The van der Waals surface area contributed by atoms with Crippen molar-refractivity contribution in [2.75, 3.05) is 0 Å². The third kappa shape index (κ3) is 2.18. The molecule has 0 bridgehead atoms. The Morgan fingerprint density at radius 1 is 1.13 bits per heavy atom. The van der Waals surface area contributed by atoms with Crippen LogP contribution in [0.1, 0.15) is 19.3 Å². The van der Waals surface area contributed by atoms with Gasteiger partial charge in [-0.25, -0.2) is 8.42 Å². The number of hydrogen-bond acceptors (Lipinski definition) is 2. The van der Waals surface area contributed by atoms with Gasteiger partial charge in [0.05, 0.1) is 10.1 Å². The summed E-state index contributed by atoms with van der Waals surface area (Å²) in [6.07, 6.45) is 2.07. The second-order valence-corrected chi connectivity index (χ2v) is 6.74. The van der Waals surface area contributed by atoms with E-state index in [-0.39, 0.29) is 10.6 Å². The second kappa shape index (κ2) is 4.14. The van der Waals surface area contributed by atoms with Crippen LogP contribution in [-0.4, -0.2) is 19.0 Å². The smallest absolute Gasteiger partial charge is 0.181 e. The Morgan fingerprint density at radius 2 is 1.80 bits per heavy atom.